The number of hydrogen-bond donors (Lipinski definition) is 2. The maximum absolute atomic E-state index is 12.0. The highest BCUT2D eigenvalue weighted by atomic mass is 16.7. The maximum atomic E-state index is 12.0. The van der Waals surface area contributed by atoms with Gasteiger partial charge in [0.2, 0.25) is 6.79 Å². The second-order valence-corrected chi connectivity index (χ2v) is 5.22. The van der Waals surface area contributed by atoms with Gasteiger partial charge in [0.05, 0.1) is 0 Å². The van der Waals surface area contributed by atoms with Crippen molar-refractivity contribution < 1.29 is 19.1 Å². The van der Waals surface area contributed by atoms with E-state index in [9.17, 15) is 9.59 Å². The van der Waals surface area contributed by atoms with Crippen LogP contribution in [0.5, 0.6) is 11.5 Å². The van der Waals surface area contributed by atoms with Crippen molar-refractivity contribution in [3.8, 4) is 11.5 Å². The minimum Gasteiger partial charge on any atom is -0.454 e. The van der Waals surface area contributed by atoms with Crippen LogP contribution in [0.15, 0.2) is 36.4 Å². The Morgan fingerprint density at radius 2 is 1.70 bits per heavy atom. The first-order chi connectivity index (χ1) is 11.0. The van der Waals surface area contributed by atoms with E-state index >= 15 is 0 Å². The summed E-state index contributed by atoms with van der Waals surface area (Å²) in [5, 5.41) is 5.16. The Balaban J connectivity index is 1.68. The molecule has 1 aliphatic rings. The lowest BCUT2D eigenvalue weighted by atomic mass is 10.1. The minimum absolute atomic E-state index is 0.153. The molecule has 6 heteroatoms. The molecule has 2 N–H and O–H groups in total. The van der Waals surface area contributed by atoms with Crippen LogP contribution in [-0.4, -0.2) is 18.6 Å². The molecule has 3 rings (SSSR count). The zero-order valence-corrected chi connectivity index (χ0v) is 12.8. The van der Waals surface area contributed by atoms with Crippen molar-refractivity contribution in [1.29, 1.82) is 0 Å². The Morgan fingerprint density at radius 3 is 2.52 bits per heavy atom. The average molecular weight is 312 g/mol. The van der Waals surface area contributed by atoms with E-state index in [1.807, 2.05) is 26.0 Å². The number of aryl methyl sites for hydroxylation is 1. The molecule has 2 aromatic rings. The van der Waals surface area contributed by atoms with Crippen LogP contribution in [0, 0.1) is 13.8 Å². The van der Waals surface area contributed by atoms with E-state index < -0.39 is 11.8 Å². The van der Waals surface area contributed by atoms with Gasteiger partial charge in [0.15, 0.2) is 11.5 Å². The molecule has 6 nitrogen and oxygen atoms in total. The van der Waals surface area contributed by atoms with Crippen molar-refractivity contribution in [2.45, 2.75) is 13.8 Å². The Morgan fingerprint density at radius 1 is 0.957 bits per heavy atom. The van der Waals surface area contributed by atoms with E-state index in [-0.39, 0.29) is 6.79 Å². The monoisotopic (exact) mass is 312 g/mol. The number of nitrogens with one attached hydrogen (secondary N) is 2. The SMILES string of the molecule is Cc1cccc(NC(=O)C(=O)Nc2ccc3c(c2)OCO3)c1C. The van der Waals surface area contributed by atoms with Gasteiger partial charge in [0.1, 0.15) is 0 Å². The number of amides is 2. The molecule has 118 valence electrons. The van der Waals surface area contributed by atoms with Crippen molar-refractivity contribution in [3.63, 3.8) is 0 Å². The topological polar surface area (TPSA) is 76.7 Å². The molecule has 1 heterocycles. The number of benzene rings is 2. The van der Waals surface area contributed by atoms with Crippen LogP contribution in [0.4, 0.5) is 11.4 Å². The van der Waals surface area contributed by atoms with Crippen molar-refractivity contribution in [1.82, 2.24) is 0 Å². The molecule has 23 heavy (non-hydrogen) atoms. The Bertz CT molecular complexity index is 786. The first-order valence-corrected chi connectivity index (χ1v) is 7.13. The summed E-state index contributed by atoms with van der Waals surface area (Å²) in [5.41, 5.74) is 3.06. The van der Waals surface area contributed by atoms with Crippen LogP contribution in [0.3, 0.4) is 0 Å². The summed E-state index contributed by atoms with van der Waals surface area (Å²) >= 11 is 0. The van der Waals surface area contributed by atoms with Crippen molar-refractivity contribution in [2.24, 2.45) is 0 Å². The zero-order valence-electron chi connectivity index (χ0n) is 12.8. The Kier molecular flexibility index (Phi) is 3.89. The van der Waals surface area contributed by atoms with Gasteiger partial charge in [-0.2, -0.15) is 0 Å². The summed E-state index contributed by atoms with van der Waals surface area (Å²) in [4.78, 5) is 24.1. The molecule has 2 amide bonds. The largest absolute Gasteiger partial charge is 0.454 e. The Labute approximate surface area is 133 Å². The maximum Gasteiger partial charge on any atom is 0.314 e. The molecule has 1 aliphatic heterocycles. The number of anilines is 2. The fraction of sp³-hybridized carbons (Fsp3) is 0.176. The van der Waals surface area contributed by atoms with Gasteiger partial charge >= 0.3 is 11.8 Å². The summed E-state index contributed by atoms with van der Waals surface area (Å²) < 4.78 is 10.4. The van der Waals surface area contributed by atoms with Crippen LogP contribution < -0.4 is 20.1 Å². The fourth-order valence-electron chi connectivity index (χ4n) is 2.23. The molecule has 0 atom stereocenters. The molecule has 0 aliphatic carbocycles. The molecule has 0 spiro atoms. The molecule has 0 unspecified atom stereocenters. The summed E-state index contributed by atoms with van der Waals surface area (Å²) in [6, 6.07) is 10.5. The van der Waals surface area contributed by atoms with Gasteiger partial charge in [-0.1, -0.05) is 12.1 Å². The van der Waals surface area contributed by atoms with Crippen LogP contribution >= 0.6 is 0 Å². The normalized spacial score (nSPS) is 11.9. The van der Waals surface area contributed by atoms with E-state index in [1.54, 1.807) is 24.3 Å². The van der Waals surface area contributed by atoms with E-state index in [0.29, 0.717) is 22.9 Å². The number of carbonyl (C=O) groups is 2. The van der Waals surface area contributed by atoms with Crippen LogP contribution in [0.2, 0.25) is 0 Å². The minimum atomic E-state index is -0.746. The van der Waals surface area contributed by atoms with Gasteiger partial charge in [-0.3, -0.25) is 9.59 Å². The first kappa shape index (κ1) is 14.9. The predicted octanol–water partition coefficient (Wildman–Crippen LogP) is 2.61. The van der Waals surface area contributed by atoms with E-state index in [0.717, 1.165) is 11.1 Å². The standard InChI is InChI=1S/C17H16N2O4/c1-10-4-3-5-13(11(10)2)19-17(21)16(20)18-12-6-7-14-15(8-12)23-9-22-14/h3-8H,9H2,1-2H3,(H,18,20)(H,19,21). The van der Waals surface area contributed by atoms with Gasteiger partial charge in [-0.05, 0) is 43.2 Å². The van der Waals surface area contributed by atoms with E-state index in [4.69, 9.17) is 9.47 Å². The van der Waals surface area contributed by atoms with Crippen LogP contribution in [-0.2, 0) is 9.59 Å². The molecule has 0 saturated heterocycles. The fourth-order valence-corrected chi connectivity index (χ4v) is 2.23. The molecular weight excluding hydrogens is 296 g/mol. The summed E-state index contributed by atoms with van der Waals surface area (Å²) in [6.45, 7) is 3.98. The predicted molar refractivity (Wildman–Crippen MR) is 85.7 cm³/mol. The Hall–Kier alpha value is -3.02. The molecule has 0 bridgehead atoms. The third kappa shape index (κ3) is 3.11. The second kappa shape index (κ2) is 6.00. The number of ether oxygens (including phenoxy) is 2. The highest BCUT2D eigenvalue weighted by Gasteiger charge is 2.18. The van der Waals surface area contributed by atoms with Gasteiger partial charge in [-0.25, -0.2) is 0 Å². The molecule has 0 aromatic heterocycles. The van der Waals surface area contributed by atoms with E-state index in [1.165, 1.54) is 0 Å². The lowest BCUT2D eigenvalue weighted by molar-refractivity contribution is -0.133. The third-order valence-corrected chi connectivity index (χ3v) is 3.69. The van der Waals surface area contributed by atoms with Crippen LogP contribution in [0.25, 0.3) is 0 Å². The van der Waals surface area contributed by atoms with Gasteiger partial charge < -0.3 is 20.1 Å². The lowest BCUT2D eigenvalue weighted by Gasteiger charge is -2.10. The van der Waals surface area contributed by atoms with Crippen molar-refractivity contribution in [2.75, 3.05) is 17.4 Å². The highest BCUT2D eigenvalue weighted by Crippen LogP contribution is 2.34. The number of rotatable bonds is 2. The molecule has 0 saturated carbocycles. The van der Waals surface area contributed by atoms with Crippen LogP contribution in [0.1, 0.15) is 11.1 Å². The second-order valence-electron chi connectivity index (χ2n) is 5.22. The number of fused-ring (bicyclic) bond motifs is 1. The smallest absolute Gasteiger partial charge is 0.314 e. The molecular formula is C17H16N2O4. The summed E-state index contributed by atoms with van der Waals surface area (Å²) in [5.74, 6) is -0.318. The first-order valence-electron chi connectivity index (χ1n) is 7.13. The lowest BCUT2D eigenvalue weighted by Crippen LogP contribution is -2.29. The van der Waals surface area contributed by atoms with Crippen molar-refractivity contribution >= 4 is 23.2 Å². The molecule has 2 aromatic carbocycles. The van der Waals surface area contributed by atoms with E-state index in [2.05, 4.69) is 10.6 Å². The van der Waals surface area contributed by atoms with Gasteiger partial charge in [0.25, 0.3) is 0 Å². The third-order valence-electron chi connectivity index (χ3n) is 3.69. The van der Waals surface area contributed by atoms with Crippen molar-refractivity contribution in [3.05, 3.63) is 47.5 Å². The summed E-state index contributed by atoms with van der Waals surface area (Å²) in [7, 11) is 0. The average Bonchev–Trinajstić information content (AvgIpc) is 2.99. The molecule has 0 fully saturated rings. The van der Waals surface area contributed by atoms with Gasteiger partial charge in [0, 0.05) is 17.4 Å². The molecule has 0 radical (unpaired) electrons. The zero-order chi connectivity index (χ0) is 16.4. The number of carbonyl (C=O) groups excluding carboxylic acids is 2. The summed E-state index contributed by atoms with van der Waals surface area (Å²) in [6.07, 6.45) is 0. The van der Waals surface area contributed by atoms with Gasteiger partial charge in [-0.15, -0.1) is 0 Å². The number of hydrogen-bond acceptors (Lipinski definition) is 4. The highest BCUT2D eigenvalue weighted by molar-refractivity contribution is 6.43. The quantitative estimate of drug-likeness (QED) is 0.836.